The van der Waals surface area contributed by atoms with Gasteiger partial charge in [0.2, 0.25) is 0 Å². The summed E-state index contributed by atoms with van der Waals surface area (Å²) in [6.45, 7) is 6.36. The highest BCUT2D eigenvalue weighted by molar-refractivity contribution is 7.84. The summed E-state index contributed by atoms with van der Waals surface area (Å²) in [6.07, 6.45) is 5.97. The number of fused-ring (bicyclic) bond motifs is 1. The lowest BCUT2D eigenvalue weighted by Crippen LogP contribution is -2.26. The van der Waals surface area contributed by atoms with Gasteiger partial charge in [-0.25, -0.2) is 4.98 Å². The topological polar surface area (TPSA) is 46.9 Å². The van der Waals surface area contributed by atoms with Crippen LogP contribution in [-0.2, 0) is 30.2 Å². The van der Waals surface area contributed by atoms with E-state index in [9.17, 15) is 4.21 Å². The molecule has 0 aliphatic carbocycles. The van der Waals surface area contributed by atoms with E-state index in [0.717, 1.165) is 44.5 Å². The Labute approximate surface area is 118 Å². The van der Waals surface area contributed by atoms with E-state index >= 15 is 0 Å². The predicted octanol–water partition coefficient (Wildman–Crippen LogP) is 1.81. The van der Waals surface area contributed by atoms with Gasteiger partial charge in [0.25, 0.3) is 0 Å². The number of nitrogens with one attached hydrogen (secondary N) is 1. The monoisotopic (exact) mass is 283 g/mol. The summed E-state index contributed by atoms with van der Waals surface area (Å²) in [5.41, 5.74) is 2.62. The van der Waals surface area contributed by atoms with Crippen molar-refractivity contribution in [3.8, 4) is 0 Å². The SMILES string of the molecule is CCCc1nc2c(n1C(C)CCS(C)=O)CCNC2. The van der Waals surface area contributed by atoms with Crippen molar-refractivity contribution >= 4 is 10.8 Å². The van der Waals surface area contributed by atoms with E-state index < -0.39 is 10.8 Å². The van der Waals surface area contributed by atoms with Gasteiger partial charge in [-0.15, -0.1) is 0 Å². The summed E-state index contributed by atoms with van der Waals surface area (Å²) in [7, 11) is -0.706. The molecule has 1 aliphatic rings. The van der Waals surface area contributed by atoms with Crippen molar-refractivity contribution in [2.45, 2.75) is 52.1 Å². The zero-order chi connectivity index (χ0) is 13.8. The van der Waals surface area contributed by atoms with Crippen molar-refractivity contribution in [3.63, 3.8) is 0 Å². The van der Waals surface area contributed by atoms with Crippen molar-refractivity contribution in [2.24, 2.45) is 0 Å². The third kappa shape index (κ3) is 3.45. The lowest BCUT2D eigenvalue weighted by molar-refractivity contribution is 0.481. The maximum atomic E-state index is 11.3. The molecule has 19 heavy (non-hydrogen) atoms. The number of aromatic nitrogens is 2. The van der Waals surface area contributed by atoms with Gasteiger partial charge in [0.15, 0.2) is 0 Å². The molecule has 0 radical (unpaired) electrons. The summed E-state index contributed by atoms with van der Waals surface area (Å²) >= 11 is 0. The molecule has 5 heteroatoms. The molecule has 2 heterocycles. The highest BCUT2D eigenvalue weighted by atomic mass is 32.2. The maximum absolute atomic E-state index is 11.3. The number of hydrogen-bond acceptors (Lipinski definition) is 3. The summed E-state index contributed by atoms with van der Waals surface area (Å²) < 4.78 is 13.7. The molecule has 1 aliphatic heterocycles. The third-order valence-electron chi connectivity index (χ3n) is 3.73. The fraction of sp³-hybridized carbons (Fsp3) is 0.786. The molecule has 1 N–H and O–H groups in total. The van der Waals surface area contributed by atoms with Crippen LogP contribution in [0.4, 0.5) is 0 Å². The van der Waals surface area contributed by atoms with Crippen LogP contribution in [0.15, 0.2) is 0 Å². The van der Waals surface area contributed by atoms with Gasteiger partial charge in [0.1, 0.15) is 5.82 Å². The average molecular weight is 283 g/mol. The summed E-state index contributed by atoms with van der Waals surface area (Å²) in [5.74, 6) is 1.99. The zero-order valence-corrected chi connectivity index (χ0v) is 13.1. The summed E-state index contributed by atoms with van der Waals surface area (Å²) in [5, 5.41) is 3.39. The van der Waals surface area contributed by atoms with Crippen LogP contribution in [0, 0.1) is 0 Å². The number of imidazole rings is 1. The van der Waals surface area contributed by atoms with Crippen molar-refractivity contribution < 1.29 is 4.21 Å². The van der Waals surface area contributed by atoms with Gasteiger partial charge in [-0.2, -0.15) is 0 Å². The van der Waals surface area contributed by atoms with Crippen molar-refractivity contribution in [2.75, 3.05) is 18.6 Å². The van der Waals surface area contributed by atoms with E-state index in [0.29, 0.717) is 6.04 Å². The fourth-order valence-electron chi connectivity index (χ4n) is 2.77. The van der Waals surface area contributed by atoms with Gasteiger partial charge in [-0.3, -0.25) is 4.21 Å². The van der Waals surface area contributed by atoms with Gasteiger partial charge < -0.3 is 9.88 Å². The summed E-state index contributed by atoms with van der Waals surface area (Å²) in [6, 6.07) is 0.403. The second-order valence-corrected chi connectivity index (χ2v) is 6.94. The van der Waals surface area contributed by atoms with Gasteiger partial charge in [0.05, 0.1) is 5.69 Å². The molecular formula is C14H25N3OS. The van der Waals surface area contributed by atoms with Gasteiger partial charge >= 0.3 is 0 Å². The van der Waals surface area contributed by atoms with Crippen LogP contribution >= 0.6 is 0 Å². The molecule has 0 saturated heterocycles. The number of rotatable bonds is 6. The van der Waals surface area contributed by atoms with Crippen molar-refractivity contribution in [1.29, 1.82) is 0 Å². The molecule has 0 fully saturated rings. The Balaban J connectivity index is 2.24. The maximum Gasteiger partial charge on any atom is 0.109 e. The van der Waals surface area contributed by atoms with Gasteiger partial charge in [0, 0.05) is 60.5 Å². The molecule has 108 valence electrons. The summed E-state index contributed by atoms with van der Waals surface area (Å²) in [4.78, 5) is 4.81. The molecule has 0 aromatic carbocycles. The van der Waals surface area contributed by atoms with Gasteiger partial charge in [-0.1, -0.05) is 6.92 Å². The Morgan fingerprint density at radius 2 is 2.32 bits per heavy atom. The van der Waals surface area contributed by atoms with Crippen molar-refractivity contribution in [3.05, 3.63) is 17.2 Å². The molecule has 2 atom stereocenters. The lowest BCUT2D eigenvalue weighted by Gasteiger charge is -2.21. The zero-order valence-electron chi connectivity index (χ0n) is 12.2. The molecule has 0 bridgehead atoms. The fourth-order valence-corrected chi connectivity index (χ4v) is 3.45. The Morgan fingerprint density at radius 3 is 3.00 bits per heavy atom. The van der Waals surface area contributed by atoms with Crippen LogP contribution in [0.2, 0.25) is 0 Å². The van der Waals surface area contributed by atoms with E-state index in [1.165, 1.54) is 17.2 Å². The Hall–Kier alpha value is -0.680. The molecule has 0 spiro atoms. The van der Waals surface area contributed by atoms with Crippen LogP contribution < -0.4 is 5.32 Å². The van der Waals surface area contributed by atoms with E-state index in [4.69, 9.17) is 4.98 Å². The van der Waals surface area contributed by atoms with Crippen LogP contribution in [0.1, 0.15) is 49.9 Å². The lowest BCUT2D eigenvalue weighted by atomic mass is 10.1. The average Bonchev–Trinajstić information content (AvgIpc) is 2.74. The van der Waals surface area contributed by atoms with E-state index in [-0.39, 0.29) is 0 Å². The molecule has 2 rings (SSSR count). The smallest absolute Gasteiger partial charge is 0.109 e. The minimum atomic E-state index is -0.706. The van der Waals surface area contributed by atoms with E-state index in [2.05, 4.69) is 23.7 Å². The second kappa shape index (κ2) is 6.66. The molecular weight excluding hydrogens is 258 g/mol. The molecule has 0 saturated carbocycles. The first-order valence-corrected chi connectivity index (χ1v) is 8.95. The first kappa shape index (κ1) is 14.7. The Morgan fingerprint density at radius 1 is 1.53 bits per heavy atom. The standard InChI is InChI=1S/C14H25N3OS/c1-4-5-14-16-12-10-15-8-6-13(12)17(14)11(2)7-9-19(3)18/h11,15H,4-10H2,1-3H3. The quantitative estimate of drug-likeness (QED) is 0.866. The largest absolute Gasteiger partial charge is 0.329 e. The normalized spacial score (nSPS) is 18.1. The number of hydrogen-bond donors (Lipinski definition) is 1. The predicted molar refractivity (Wildman–Crippen MR) is 79.9 cm³/mol. The molecule has 0 amide bonds. The van der Waals surface area contributed by atoms with Crippen LogP contribution in [0.3, 0.4) is 0 Å². The van der Waals surface area contributed by atoms with Crippen LogP contribution in [-0.4, -0.2) is 32.3 Å². The van der Waals surface area contributed by atoms with E-state index in [1.807, 2.05) is 0 Å². The third-order valence-corrected chi connectivity index (χ3v) is 4.55. The Bertz CT molecular complexity index is 456. The number of aryl methyl sites for hydroxylation is 1. The minimum Gasteiger partial charge on any atom is -0.329 e. The first-order valence-electron chi connectivity index (χ1n) is 7.23. The Kier molecular flexibility index (Phi) is 5.16. The minimum absolute atomic E-state index is 0.403. The van der Waals surface area contributed by atoms with Gasteiger partial charge in [-0.05, 0) is 19.8 Å². The molecule has 1 aromatic rings. The van der Waals surface area contributed by atoms with E-state index in [1.54, 1.807) is 6.26 Å². The second-order valence-electron chi connectivity index (χ2n) is 5.38. The highest BCUT2D eigenvalue weighted by Crippen LogP contribution is 2.24. The van der Waals surface area contributed by atoms with Crippen LogP contribution in [0.5, 0.6) is 0 Å². The molecule has 4 nitrogen and oxygen atoms in total. The van der Waals surface area contributed by atoms with Crippen LogP contribution in [0.25, 0.3) is 0 Å². The molecule has 2 unspecified atom stereocenters. The first-order chi connectivity index (χ1) is 9.13. The molecule has 1 aromatic heterocycles. The highest BCUT2D eigenvalue weighted by Gasteiger charge is 2.22. The number of nitrogens with zero attached hydrogens (tertiary/aromatic N) is 2. The van der Waals surface area contributed by atoms with Crippen molar-refractivity contribution in [1.82, 2.24) is 14.9 Å².